The molecule has 1 heterocycles. The van der Waals surface area contributed by atoms with Crippen LogP contribution in [0.4, 0.5) is 5.69 Å². The second kappa shape index (κ2) is 6.31. The van der Waals surface area contributed by atoms with Crippen LogP contribution in [0.1, 0.15) is 17.0 Å². The van der Waals surface area contributed by atoms with Crippen LogP contribution >= 0.6 is 0 Å². The molecule has 0 saturated carbocycles. The number of nitro benzene ring substituents is 1. The van der Waals surface area contributed by atoms with Gasteiger partial charge < -0.3 is 9.67 Å². The summed E-state index contributed by atoms with van der Waals surface area (Å²) in [5, 5.41) is 20.7. The molecule has 6 nitrogen and oxygen atoms in total. The zero-order valence-corrected chi connectivity index (χ0v) is 12.3. The van der Waals surface area contributed by atoms with Crippen molar-refractivity contribution in [2.24, 2.45) is 0 Å². The largest absolute Gasteiger partial charge is 0.508 e. The minimum atomic E-state index is -0.405. The number of benzene rings is 2. The maximum atomic E-state index is 10.9. The number of imidazole rings is 1. The molecule has 23 heavy (non-hydrogen) atoms. The van der Waals surface area contributed by atoms with Crippen LogP contribution in [0.2, 0.25) is 0 Å². The Hall–Kier alpha value is -3.15. The number of hydrogen-bond donors (Lipinski definition) is 1. The minimum Gasteiger partial charge on any atom is -0.508 e. The Morgan fingerprint density at radius 3 is 2.78 bits per heavy atom. The molecule has 2 aromatic carbocycles. The van der Waals surface area contributed by atoms with Crippen molar-refractivity contribution in [2.45, 2.75) is 13.0 Å². The quantitative estimate of drug-likeness (QED) is 0.580. The number of para-hydroxylation sites is 1. The van der Waals surface area contributed by atoms with Crippen molar-refractivity contribution in [1.29, 1.82) is 0 Å². The van der Waals surface area contributed by atoms with Crippen LogP contribution in [-0.4, -0.2) is 19.6 Å². The maximum absolute atomic E-state index is 10.9. The molecule has 0 radical (unpaired) electrons. The van der Waals surface area contributed by atoms with Crippen molar-refractivity contribution < 1.29 is 10.0 Å². The van der Waals surface area contributed by atoms with E-state index in [-0.39, 0.29) is 11.4 Å². The molecule has 0 aliphatic carbocycles. The van der Waals surface area contributed by atoms with Gasteiger partial charge >= 0.3 is 0 Å². The summed E-state index contributed by atoms with van der Waals surface area (Å²) in [5.41, 5.74) is 1.69. The van der Waals surface area contributed by atoms with E-state index in [4.69, 9.17) is 0 Å². The van der Waals surface area contributed by atoms with Gasteiger partial charge in [-0.25, -0.2) is 4.98 Å². The van der Waals surface area contributed by atoms with E-state index in [0.717, 1.165) is 17.0 Å². The molecule has 0 atom stereocenters. The van der Waals surface area contributed by atoms with Crippen molar-refractivity contribution in [3.63, 3.8) is 0 Å². The average Bonchev–Trinajstić information content (AvgIpc) is 2.97. The molecular formula is C17H15N3O3. The summed E-state index contributed by atoms with van der Waals surface area (Å²) >= 11 is 0. The molecule has 0 bridgehead atoms. The molecule has 6 heteroatoms. The molecule has 0 saturated heterocycles. The molecule has 3 rings (SSSR count). The van der Waals surface area contributed by atoms with Gasteiger partial charge in [-0.1, -0.05) is 30.3 Å². The van der Waals surface area contributed by atoms with Gasteiger partial charge in [0, 0.05) is 36.5 Å². The Morgan fingerprint density at radius 2 is 2.00 bits per heavy atom. The first kappa shape index (κ1) is 14.8. The van der Waals surface area contributed by atoms with Crippen molar-refractivity contribution in [1.82, 2.24) is 9.55 Å². The lowest BCUT2D eigenvalue weighted by Crippen LogP contribution is -2.05. The van der Waals surface area contributed by atoms with Gasteiger partial charge in [-0.15, -0.1) is 0 Å². The predicted octanol–water partition coefficient (Wildman–Crippen LogP) is 3.14. The smallest absolute Gasteiger partial charge is 0.269 e. The lowest BCUT2D eigenvalue weighted by Gasteiger charge is -2.09. The van der Waals surface area contributed by atoms with E-state index >= 15 is 0 Å². The van der Waals surface area contributed by atoms with Gasteiger partial charge in [0.2, 0.25) is 0 Å². The fourth-order valence-electron chi connectivity index (χ4n) is 2.44. The fraction of sp³-hybridized carbons (Fsp3) is 0.118. The Bertz CT molecular complexity index is 842. The third kappa shape index (κ3) is 3.37. The summed E-state index contributed by atoms with van der Waals surface area (Å²) in [4.78, 5) is 14.8. The van der Waals surface area contributed by atoms with E-state index in [1.54, 1.807) is 30.5 Å². The Labute approximate surface area is 132 Å². The van der Waals surface area contributed by atoms with Crippen LogP contribution in [0.25, 0.3) is 0 Å². The molecule has 3 aromatic rings. The number of nitro groups is 1. The second-order valence-electron chi connectivity index (χ2n) is 5.20. The molecule has 0 aliphatic rings. The van der Waals surface area contributed by atoms with Crippen molar-refractivity contribution in [3.05, 3.63) is 88.0 Å². The summed E-state index contributed by atoms with van der Waals surface area (Å²) in [6.45, 7) is 0.497. The Kier molecular flexibility index (Phi) is 4.05. The monoisotopic (exact) mass is 309 g/mol. The zero-order valence-electron chi connectivity index (χ0n) is 12.3. The van der Waals surface area contributed by atoms with Gasteiger partial charge in [0.15, 0.2) is 0 Å². The molecule has 0 spiro atoms. The number of rotatable bonds is 5. The van der Waals surface area contributed by atoms with Gasteiger partial charge in [-0.2, -0.15) is 0 Å². The number of aromatic nitrogens is 2. The summed E-state index contributed by atoms with van der Waals surface area (Å²) in [5.74, 6) is 1.02. The summed E-state index contributed by atoms with van der Waals surface area (Å²) in [6.07, 6.45) is 4.01. The fourth-order valence-corrected chi connectivity index (χ4v) is 2.44. The molecule has 116 valence electrons. The van der Waals surface area contributed by atoms with E-state index in [1.807, 2.05) is 29.0 Å². The van der Waals surface area contributed by atoms with Gasteiger partial charge in [0.05, 0.1) is 11.5 Å². The predicted molar refractivity (Wildman–Crippen MR) is 85.3 cm³/mol. The molecule has 1 aromatic heterocycles. The first-order chi connectivity index (χ1) is 11.1. The number of nitrogens with zero attached hydrogens (tertiary/aromatic N) is 3. The first-order valence-corrected chi connectivity index (χ1v) is 7.13. The number of non-ortho nitro benzene ring substituents is 1. The van der Waals surface area contributed by atoms with Crippen molar-refractivity contribution >= 4 is 5.69 Å². The highest BCUT2D eigenvalue weighted by atomic mass is 16.6. The minimum absolute atomic E-state index is 0.0707. The summed E-state index contributed by atoms with van der Waals surface area (Å²) in [6, 6.07) is 13.7. The number of phenolic OH excluding ortho intramolecular Hbond substituents is 1. The third-order valence-corrected chi connectivity index (χ3v) is 3.62. The zero-order chi connectivity index (χ0) is 16.2. The summed E-state index contributed by atoms with van der Waals surface area (Å²) in [7, 11) is 0. The molecular weight excluding hydrogens is 294 g/mol. The lowest BCUT2D eigenvalue weighted by atomic mass is 10.1. The number of aromatic hydroxyl groups is 1. The molecule has 0 aliphatic heterocycles. The molecule has 0 unspecified atom stereocenters. The maximum Gasteiger partial charge on any atom is 0.269 e. The van der Waals surface area contributed by atoms with E-state index in [1.165, 1.54) is 6.07 Å². The van der Waals surface area contributed by atoms with E-state index in [2.05, 4.69) is 4.98 Å². The molecule has 0 fully saturated rings. The highest BCUT2D eigenvalue weighted by molar-refractivity contribution is 5.36. The number of hydrogen-bond acceptors (Lipinski definition) is 4. The van der Waals surface area contributed by atoms with Crippen LogP contribution in [0.15, 0.2) is 60.9 Å². The van der Waals surface area contributed by atoms with Crippen LogP contribution in [-0.2, 0) is 13.0 Å². The van der Waals surface area contributed by atoms with E-state index in [0.29, 0.717) is 13.0 Å². The Morgan fingerprint density at radius 1 is 1.17 bits per heavy atom. The Balaban J connectivity index is 1.83. The number of phenols is 1. The van der Waals surface area contributed by atoms with Crippen LogP contribution in [0.5, 0.6) is 5.75 Å². The molecule has 1 N–H and O–H groups in total. The normalized spacial score (nSPS) is 10.6. The standard InChI is InChI=1S/C17H15N3O3/c21-16-7-2-1-5-14(16)12-19-9-8-18-17(19)11-13-4-3-6-15(10-13)20(22)23/h1-10,21H,11-12H2. The van der Waals surface area contributed by atoms with Crippen molar-refractivity contribution in [3.8, 4) is 5.75 Å². The second-order valence-corrected chi connectivity index (χ2v) is 5.20. The van der Waals surface area contributed by atoms with E-state index < -0.39 is 4.92 Å². The van der Waals surface area contributed by atoms with Gasteiger partial charge in [0.1, 0.15) is 11.6 Å². The van der Waals surface area contributed by atoms with E-state index in [9.17, 15) is 15.2 Å². The van der Waals surface area contributed by atoms with Gasteiger partial charge in [0.25, 0.3) is 5.69 Å². The van der Waals surface area contributed by atoms with Crippen LogP contribution in [0.3, 0.4) is 0 Å². The van der Waals surface area contributed by atoms with Crippen LogP contribution in [0, 0.1) is 10.1 Å². The third-order valence-electron chi connectivity index (χ3n) is 3.62. The SMILES string of the molecule is O=[N+]([O-])c1cccc(Cc2nccn2Cc2ccccc2O)c1. The van der Waals surface area contributed by atoms with Gasteiger partial charge in [-0.05, 0) is 11.6 Å². The van der Waals surface area contributed by atoms with Gasteiger partial charge in [-0.3, -0.25) is 10.1 Å². The topological polar surface area (TPSA) is 81.2 Å². The highest BCUT2D eigenvalue weighted by Crippen LogP contribution is 2.19. The first-order valence-electron chi connectivity index (χ1n) is 7.13. The average molecular weight is 309 g/mol. The summed E-state index contributed by atoms with van der Waals surface area (Å²) < 4.78 is 1.92. The van der Waals surface area contributed by atoms with Crippen LogP contribution < -0.4 is 0 Å². The lowest BCUT2D eigenvalue weighted by molar-refractivity contribution is -0.384. The molecule has 0 amide bonds. The highest BCUT2D eigenvalue weighted by Gasteiger charge is 2.10. The van der Waals surface area contributed by atoms with Crippen molar-refractivity contribution in [2.75, 3.05) is 0 Å².